The number of aliphatic carboxylic acids is 1. The molecule has 0 atom stereocenters. The molecule has 16 heavy (non-hydrogen) atoms. The van der Waals surface area contributed by atoms with E-state index in [1.54, 1.807) is 0 Å². The molecule has 1 aromatic rings. The van der Waals surface area contributed by atoms with E-state index >= 15 is 0 Å². The highest BCUT2D eigenvalue weighted by Crippen LogP contribution is 2.31. The molecule has 1 aromatic carbocycles. The van der Waals surface area contributed by atoms with Crippen LogP contribution >= 0.6 is 15.9 Å². The third-order valence-electron chi connectivity index (χ3n) is 2.18. The van der Waals surface area contributed by atoms with Gasteiger partial charge in [-0.05, 0) is 23.6 Å². The van der Waals surface area contributed by atoms with Gasteiger partial charge in [0.25, 0.3) is 5.78 Å². The number of carbonyl (C=O) groups excluding carboxylic acids is 1. The smallest absolute Gasteiger partial charge is 0.377 e. The maximum atomic E-state index is 11.2. The molecule has 0 aliphatic heterocycles. The van der Waals surface area contributed by atoms with Crippen molar-refractivity contribution >= 4 is 27.7 Å². The zero-order chi connectivity index (χ0) is 12.5. The fourth-order valence-corrected chi connectivity index (χ4v) is 2.12. The molecule has 0 unspecified atom stereocenters. The molecule has 0 fully saturated rings. The zero-order valence-electron chi connectivity index (χ0n) is 8.82. The van der Waals surface area contributed by atoms with E-state index in [2.05, 4.69) is 15.9 Å². The minimum Gasteiger partial charge on any atom is -0.507 e. The lowest BCUT2D eigenvalue weighted by atomic mass is 9.99. The van der Waals surface area contributed by atoms with Crippen molar-refractivity contribution in [3.05, 3.63) is 27.7 Å². The molecule has 0 saturated heterocycles. The Balaban J connectivity index is 3.31. The summed E-state index contributed by atoms with van der Waals surface area (Å²) in [7, 11) is 0. The van der Waals surface area contributed by atoms with E-state index < -0.39 is 11.8 Å². The van der Waals surface area contributed by atoms with Crippen molar-refractivity contribution in [3.8, 4) is 5.75 Å². The Labute approximate surface area is 101 Å². The van der Waals surface area contributed by atoms with Crippen molar-refractivity contribution in [1.82, 2.24) is 0 Å². The molecule has 0 heterocycles. The largest absolute Gasteiger partial charge is 0.507 e. The third kappa shape index (κ3) is 2.41. The van der Waals surface area contributed by atoms with Crippen LogP contribution in [-0.4, -0.2) is 22.0 Å². The Bertz CT molecular complexity index is 452. The van der Waals surface area contributed by atoms with Crippen LogP contribution in [0.15, 0.2) is 16.6 Å². The Kier molecular flexibility index (Phi) is 3.70. The molecule has 0 bridgehead atoms. The van der Waals surface area contributed by atoms with Gasteiger partial charge in [-0.25, -0.2) is 4.79 Å². The summed E-state index contributed by atoms with van der Waals surface area (Å²) in [5.74, 6) is -2.85. The topological polar surface area (TPSA) is 74.6 Å². The molecule has 0 radical (unpaired) electrons. The summed E-state index contributed by atoms with van der Waals surface area (Å²) in [5.41, 5.74) is 0.614. The third-order valence-corrected chi connectivity index (χ3v) is 2.86. The summed E-state index contributed by atoms with van der Waals surface area (Å²) in [6.45, 7) is 3.86. The highest BCUT2D eigenvalue weighted by Gasteiger charge is 2.20. The standard InChI is InChI=1S/C11H11BrO4/c1-5(2)6-4-9(13)7(3-8(6)12)10(14)11(15)16/h3-5,13H,1-2H3,(H,15,16). The second-order valence-corrected chi connectivity index (χ2v) is 4.53. The number of phenols is 1. The molecule has 2 N–H and O–H groups in total. The van der Waals surface area contributed by atoms with Gasteiger partial charge in [0.15, 0.2) is 0 Å². The number of benzene rings is 1. The first-order valence-corrected chi connectivity index (χ1v) is 5.44. The van der Waals surface area contributed by atoms with Crippen molar-refractivity contribution < 1.29 is 19.8 Å². The molecule has 0 aromatic heterocycles. The van der Waals surface area contributed by atoms with Crippen LogP contribution in [0, 0.1) is 0 Å². The Hall–Kier alpha value is -1.36. The maximum absolute atomic E-state index is 11.2. The van der Waals surface area contributed by atoms with Gasteiger partial charge in [-0.1, -0.05) is 29.8 Å². The van der Waals surface area contributed by atoms with E-state index in [1.165, 1.54) is 12.1 Å². The number of hydrogen-bond donors (Lipinski definition) is 2. The molecule has 4 nitrogen and oxygen atoms in total. The van der Waals surface area contributed by atoms with E-state index in [-0.39, 0.29) is 17.2 Å². The van der Waals surface area contributed by atoms with Crippen molar-refractivity contribution in [2.24, 2.45) is 0 Å². The average Bonchev–Trinajstić information content (AvgIpc) is 2.19. The summed E-state index contributed by atoms with van der Waals surface area (Å²) >= 11 is 3.24. The van der Waals surface area contributed by atoms with Gasteiger partial charge in [0.1, 0.15) is 5.75 Å². The molecule has 86 valence electrons. The lowest BCUT2D eigenvalue weighted by molar-refractivity contribution is -0.131. The number of halogens is 1. The lowest BCUT2D eigenvalue weighted by Crippen LogP contribution is -2.13. The number of Topliss-reactive ketones (excluding diaryl/α,β-unsaturated/α-hetero) is 1. The van der Waals surface area contributed by atoms with Crippen LogP contribution in [0.2, 0.25) is 0 Å². The quantitative estimate of drug-likeness (QED) is 0.661. The highest BCUT2D eigenvalue weighted by atomic mass is 79.9. The van der Waals surface area contributed by atoms with Crippen LogP contribution in [0.25, 0.3) is 0 Å². The van der Waals surface area contributed by atoms with E-state index in [0.717, 1.165) is 5.56 Å². The van der Waals surface area contributed by atoms with Crippen LogP contribution in [0.4, 0.5) is 0 Å². The summed E-state index contributed by atoms with van der Waals surface area (Å²) in [6, 6.07) is 2.74. The predicted molar refractivity (Wildman–Crippen MR) is 61.9 cm³/mol. The van der Waals surface area contributed by atoms with Crippen LogP contribution in [0.5, 0.6) is 5.75 Å². The normalized spacial score (nSPS) is 10.5. The Morgan fingerprint density at radius 2 is 1.88 bits per heavy atom. The number of aromatic hydroxyl groups is 1. The van der Waals surface area contributed by atoms with Gasteiger partial charge in [0, 0.05) is 4.47 Å². The van der Waals surface area contributed by atoms with Gasteiger partial charge < -0.3 is 10.2 Å². The van der Waals surface area contributed by atoms with Gasteiger partial charge in [-0.3, -0.25) is 4.79 Å². The SMILES string of the molecule is CC(C)c1cc(O)c(C(=O)C(=O)O)cc1Br. The summed E-state index contributed by atoms with van der Waals surface area (Å²) in [5, 5.41) is 18.1. The molecule has 0 amide bonds. The van der Waals surface area contributed by atoms with Crippen LogP contribution in [0.3, 0.4) is 0 Å². The van der Waals surface area contributed by atoms with Gasteiger partial charge in [-0.15, -0.1) is 0 Å². The first-order valence-electron chi connectivity index (χ1n) is 4.64. The van der Waals surface area contributed by atoms with E-state index in [1.807, 2.05) is 13.8 Å². The minimum atomic E-state index is -1.58. The Morgan fingerprint density at radius 3 is 2.31 bits per heavy atom. The van der Waals surface area contributed by atoms with E-state index in [0.29, 0.717) is 4.47 Å². The van der Waals surface area contributed by atoms with Crippen molar-refractivity contribution in [3.63, 3.8) is 0 Å². The van der Waals surface area contributed by atoms with E-state index in [4.69, 9.17) is 5.11 Å². The lowest BCUT2D eigenvalue weighted by Gasteiger charge is -2.10. The number of hydrogen-bond acceptors (Lipinski definition) is 3. The molecule has 0 saturated carbocycles. The molecule has 0 aliphatic rings. The number of carboxylic acids is 1. The molecule has 0 aliphatic carbocycles. The monoisotopic (exact) mass is 286 g/mol. The van der Waals surface area contributed by atoms with Gasteiger partial charge in [0.05, 0.1) is 5.56 Å². The van der Waals surface area contributed by atoms with Crippen LogP contribution in [0.1, 0.15) is 35.7 Å². The highest BCUT2D eigenvalue weighted by molar-refractivity contribution is 9.10. The number of ketones is 1. The van der Waals surface area contributed by atoms with Crippen molar-refractivity contribution in [2.45, 2.75) is 19.8 Å². The molecule has 5 heteroatoms. The summed E-state index contributed by atoms with van der Waals surface area (Å²) in [6.07, 6.45) is 0. The fourth-order valence-electron chi connectivity index (χ4n) is 1.32. The summed E-state index contributed by atoms with van der Waals surface area (Å²) in [4.78, 5) is 21.7. The first kappa shape index (κ1) is 12.7. The number of rotatable bonds is 3. The van der Waals surface area contributed by atoms with E-state index in [9.17, 15) is 14.7 Å². The summed E-state index contributed by atoms with van der Waals surface area (Å²) < 4.78 is 0.616. The van der Waals surface area contributed by atoms with Crippen LogP contribution in [-0.2, 0) is 4.79 Å². The zero-order valence-corrected chi connectivity index (χ0v) is 10.4. The van der Waals surface area contributed by atoms with Crippen LogP contribution < -0.4 is 0 Å². The second-order valence-electron chi connectivity index (χ2n) is 3.68. The Morgan fingerprint density at radius 1 is 1.31 bits per heavy atom. The first-order chi connectivity index (χ1) is 7.34. The van der Waals surface area contributed by atoms with Crippen molar-refractivity contribution in [1.29, 1.82) is 0 Å². The number of carboxylic acid groups (broad SMARTS) is 1. The molecule has 1 rings (SSSR count). The van der Waals surface area contributed by atoms with Gasteiger partial charge >= 0.3 is 5.97 Å². The number of phenolic OH excluding ortho intramolecular Hbond substituents is 1. The maximum Gasteiger partial charge on any atom is 0.377 e. The van der Waals surface area contributed by atoms with Crippen molar-refractivity contribution in [2.75, 3.05) is 0 Å². The second kappa shape index (κ2) is 4.65. The predicted octanol–water partition coefficient (Wildman–Crippen LogP) is 2.55. The molecular weight excluding hydrogens is 276 g/mol. The minimum absolute atomic E-state index is 0.161. The molecular formula is C11H11BrO4. The molecule has 0 spiro atoms. The average molecular weight is 287 g/mol. The fraction of sp³-hybridized carbons (Fsp3) is 0.273. The van der Waals surface area contributed by atoms with Gasteiger partial charge in [-0.2, -0.15) is 0 Å². The van der Waals surface area contributed by atoms with Gasteiger partial charge in [0.2, 0.25) is 0 Å². The number of carbonyl (C=O) groups is 2.